The molecule has 0 radical (unpaired) electrons. The zero-order chi connectivity index (χ0) is 25.6. The molecule has 0 aliphatic carbocycles. The fourth-order valence-electron chi connectivity index (χ4n) is 3.80. The van der Waals surface area contributed by atoms with E-state index in [-0.39, 0.29) is 40.0 Å². The summed E-state index contributed by atoms with van der Waals surface area (Å²) in [5.41, 5.74) is 7.65. The Bertz CT molecular complexity index is 1750. The molecule has 36 heavy (non-hydrogen) atoms. The van der Waals surface area contributed by atoms with E-state index in [4.69, 9.17) is 5.73 Å². The van der Waals surface area contributed by atoms with Crippen molar-refractivity contribution in [2.45, 2.75) is 11.3 Å². The van der Waals surface area contributed by atoms with E-state index in [1.54, 1.807) is 24.3 Å². The van der Waals surface area contributed by atoms with Crippen molar-refractivity contribution in [2.75, 3.05) is 12.0 Å². The molecule has 5 aromatic rings. The molecule has 0 fully saturated rings. The molecule has 0 atom stereocenters. The number of halogens is 3. The third kappa shape index (κ3) is 4.26. The van der Waals surface area contributed by atoms with Crippen LogP contribution in [0.15, 0.2) is 65.8 Å². The smallest absolute Gasteiger partial charge is 0.182 e. The number of nitrogens with zero attached hydrogens (tertiary/aromatic N) is 5. The van der Waals surface area contributed by atoms with Crippen molar-refractivity contribution in [2.24, 2.45) is 0 Å². The zero-order valence-electron chi connectivity index (χ0n) is 18.7. The number of hydrogen-bond donors (Lipinski definition) is 1. The maximum atomic E-state index is 14.3. The van der Waals surface area contributed by atoms with Gasteiger partial charge in [0.1, 0.15) is 23.2 Å². The summed E-state index contributed by atoms with van der Waals surface area (Å²) in [6.07, 6.45) is 3.79. The minimum atomic E-state index is -3.43. The number of nitrogens with two attached hydrogens (primary N) is 1. The van der Waals surface area contributed by atoms with E-state index in [2.05, 4.69) is 20.1 Å². The van der Waals surface area contributed by atoms with Crippen LogP contribution in [0.25, 0.3) is 28.2 Å². The molecule has 0 saturated heterocycles. The van der Waals surface area contributed by atoms with Gasteiger partial charge in [0.05, 0.1) is 10.4 Å². The lowest BCUT2D eigenvalue weighted by Gasteiger charge is -2.08. The standard InChI is InChI=1S/C24H17F3N6O2S/c1-36(34,35)16-5-2-4-13(9-16)17-12-29-24(32-23(17)28)22-19-6-3-7-30-33(19)20(31-22)10-14-8-15(25)11-18(26)21(14)27/h2-9,11-12H,10H2,1H3,(H2,28,29,32). The highest BCUT2D eigenvalue weighted by Gasteiger charge is 2.20. The van der Waals surface area contributed by atoms with Gasteiger partial charge in [0.2, 0.25) is 0 Å². The first kappa shape index (κ1) is 23.4. The Hall–Kier alpha value is -4.32. The van der Waals surface area contributed by atoms with E-state index >= 15 is 0 Å². The first-order valence-electron chi connectivity index (χ1n) is 10.5. The summed E-state index contributed by atoms with van der Waals surface area (Å²) in [6, 6.07) is 10.9. The van der Waals surface area contributed by atoms with Gasteiger partial charge in [0.25, 0.3) is 0 Å². The van der Waals surface area contributed by atoms with Crippen LogP contribution < -0.4 is 5.73 Å². The minimum Gasteiger partial charge on any atom is -0.383 e. The van der Waals surface area contributed by atoms with Crippen LogP contribution in [-0.2, 0) is 16.3 Å². The van der Waals surface area contributed by atoms with Crippen molar-refractivity contribution in [3.63, 3.8) is 0 Å². The zero-order valence-corrected chi connectivity index (χ0v) is 19.5. The molecule has 0 aliphatic rings. The second-order valence-electron chi connectivity index (χ2n) is 8.03. The van der Waals surface area contributed by atoms with E-state index in [0.29, 0.717) is 22.7 Å². The lowest BCUT2D eigenvalue weighted by atomic mass is 10.1. The fraction of sp³-hybridized carbons (Fsp3) is 0.0833. The van der Waals surface area contributed by atoms with Gasteiger partial charge in [-0.2, -0.15) is 5.10 Å². The third-order valence-corrected chi connectivity index (χ3v) is 6.61. The molecule has 12 heteroatoms. The van der Waals surface area contributed by atoms with E-state index in [1.165, 1.54) is 29.0 Å². The molecular formula is C24H17F3N6O2S. The highest BCUT2D eigenvalue weighted by Crippen LogP contribution is 2.30. The van der Waals surface area contributed by atoms with Crippen molar-refractivity contribution >= 4 is 21.2 Å². The Labute approximate surface area is 203 Å². The molecule has 182 valence electrons. The summed E-state index contributed by atoms with van der Waals surface area (Å²) in [4.78, 5) is 13.3. The minimum absolute atomic E-state index is 0.0792. The number of nitrogen functional groups attached to an aromatic ring is 1. The number of sulfone groups is 1. The molecule has 2 N–H and O–H groups in total. The second-order valence-corrected chi connectivity index (χ2v) is 10.0. The molecule has 0 unspecified atom stereocenters. The maximum Gasteiger partial charge on any atom is 0.182 e. The average Bonchev–Trinajstić information content (AvgIpc) is 3.20. The SMILES string of the molecule is CS(=O)(=O)c1cccc(-c2cnc(-c3nc(Cc4cc(F)cc(F)c4F)n4ncccc34)nc2N)c1. The lowest BCUT2D eigenvalue weighted by Crippen LogP contribution is -2.03. The van der Waals surface area contributed by atoms with E-state index in [0.717, 1.165) is 12.3 Å². The quantitative estimate of drug-likeness (QED) is 0.357. The van der Waals surface area contributed by atoms with Gasteiger partial charge < -0.3 is 5.73 Å². The lowest BCUT2D eigenvalue weighted by molar-refractivity contribution is 0.486. The van der Waals surface area contributed by atoms with Crippen LogP contribution in [0.1, 0.15) is 11.4 Å². The van der Waals surface area contributed by atoms with Gasteiger partial charge in [-0.1, -0.05) is 12.1 Å². The molecule has 3 heterocycles. The first-order chi connectivity index (χ1) is 17.1. The van der Waals surface area contributed by atoms with E-state index in [1.807, 2.05) is 0 Å². The van der Waals surface area contributed by atoms with Gasteiger partial charge in [-0.05, 0) is 35.9 Å². The second kappa shape index (κ2) is 8.72. The Morgan fingerprint density at radius 1 is 1.03 bits per heavy atom. The Morgan fingerprint density at radius 3 is 2.58 bits per heavy atom. The number of hydrogen-bond acceptors (Lipinski definition) is 7. The molecule has 0 amide bonds. The van der Waals surface area contributed by atoms with Crippen LogP contribution in [0.5, 0.6) is 0 Å². The predicted octanol–water partition coefficient (Wildman–Crippen LogP) is 3.85. The largest absolute Gasteiger partial charge is 0.383 e. The molecule has 0 saturated carbocycles. The van der Waals surface area contributed by atoms with Gasteiger partial charge >= 0.3 is 0 Å². The number of aromatic nitrogens is 5. The monoisotopic (exact) mass is 510 g/mol. The summed E-state index contributed by atoms with van der Waals surface area (Å²) in [7, 11) is -3.43. The number of fused-ring (bicyclic) bond motifs is 1. The van der Waals surface area contributed by atoms with E-state index < -0.39 is 27.3 Å². The summed E-state index contributed by atoms with van der Waals surface area (Å²) < 4.78 is 66.9. The van der Waals surface area contributed by atoms with Gasteiger partial charge in [-0.3, -0.25) is 0 Å². The Kier molecular flexibility index (Phi) is 5.67. The Balaban J connectivity index is 1.58. The van der Waals surface area contributed by atoms with Crippen LogP contribution in [0, 0.1) is 17.5 Å². The molecule has 3 aromatic heterocycles. The third-order valence-electron chi connectivity index (χ3n) is 5.50. The molecule has 5 rings (SSSR count). The topological polar surface area (TPSA) is 116 Å². The summed E-state index contributed by atoms with van der Waals surface area (Å²) in [5.74, 6) is -2.97. The van der Waals surface area contributed by atoms with Crippen LogP contribution in [-0.4, -0.2) is 39.2 Å². The van der Waals surface area contributed by atoms with Gasteiger partial charge in [0, 0.05) is 42.3 Å². The summed E-state index contributed by atoms with van der Waals surface area (Å²) >= 11 is 0. The number of anilines is 1. The Morgan fingerprint density at radius 2 is 1.83 bits per heavy atom. The normalized spacial score (nSPS) is 11.8. The van der Waals surface area contributed by atoms with Gasteiger partial charge in [-0.25, -0.2) is 41.1 Å². The highest BCUT2D eigenvalue weighted by atomic mass is 32.2. The van der Waals surface area contributed by atoms with Crippen LogP contribution in [0.3, 0.4) is 0 Å². The number of benzene rings is 2. The summed E-state index contributed by atoms with van der Waals surface area (Å²) in [6.45, 7) is 0. The first-order valence-corrected chi connectivity index (χ1v) is 12.4. The van der Waals surface area contributed by atoms with Gasteiger partial charge in [0.15, 0.2) is 27.3 Å². The summed E-state index contributed by atoms with van der Waals surface area (Å²) in [5, 5.41) is 4.22. The predicted molar refractivity (Wildman–Crippen MR) is 126 cm³/mol. The van der Waals surface area contributed by atoms with Crippen molar-refractivity contribution in [1.29, 1.82) is 0 Å². The van der Waals surface area contributed by atoms with Crippen LogP contribution >= 0.6 is 0 Å². The van der Waals surface area contributed by atoms with Gasteiger partial charge in [-0.15, -0.1) is 0 Å². The van der Waals surface area contributed by atoms with Crippen LogP contribution in [0.2, 0.25) is 0 Å². The average molecular weight is 511 g/mol. The molecule has 8 nitrogen and oxygen atoms in total. The van der Waals surface area contributed by atoms with E-state index in [9.17, 15) is 21.6 Å². The number of rotatable bonds is 5. The molecular weight excluding hydrogens is 493 g/mol. The molecule has 2 aromatic carbocycles. The highest BCUT2D eigenvalue weighted by molar-refractivity contribution is 7.90. The van der Waals surface area contributed by atoms with Crippen LogP contribution in [0.4, 0.5) is 19.0 Å². The van der Waals surface area contributed by atoms with Crippen molar-refractivity contribution < 1.29 is 21.6 Å². The van der Waals surface area contributed by atoms with Crippen molar-refractivity contribution in [1.82, 2.24) is 24.6 Å². The van der Waals surface area contributed by atoms with Crippen molar-refractivity contribution in [3.05, 3.63) is 89.8 Å². The molecule has 0 bridgehead atoms. The molecule has 0 spiro atoms. The number of imidazole rings is 1. The molecule has 0 aliphatic heterocycles. The van der Waals surface area contributed by atoms with Crippen molar-refractivity contribution in [3.8, 4) is 22.6 Å². The fourth-order valence-corrected chi connectivity index (χ4v) is 4.47. The maximum absolute atomic E-state index is 14.3.